The number of aromatic nitrogens is 4. The van der Waals surface area contributed by atoms with Gasteiger partial charge in [-0.3, -0.25) is 29.6 Å². The van der Waals surface area contributed by atoms with Gasteiger partial charge in [0.25, 0.3) is 0 Å². The number of amidine groups is 1. The minimum absolute atomic E-state index is 0.162. The molecule has 1 heterocycles. The standard InChI is InChI=1S/C14H22N2O8.C4H8N4.C4H11N3.C4H10N2/c1-7(2)12(21)15-8(3-5-10(17)18)13(22)16-9(14(23)24)4-6-11(19)20;1-3(2)4-5-7-8-6-4;1-3(2)7-4(5)6;1-3(2)4(5)6/h7-9H,3-6H2,1-2H3,(H,15,21)(H,16,22)(H,17,18)(H,19,20)(H,23,24);3H,1-2H3,(H,5,6,7,8);3H,1-2H3,(H4,5,6,7);3H,1-2H3,(H3,5,6). The molecule has 0 aliphatic heterocycles. The molecule has 1 rings (SSSR count). The average Bonchev–Trinajstić information content (AvgIpc) is 3.44. The zero-order valence-electron chi connectivity index (χ0n) is 27.2. The Morgan fingerprint density at radius 3 is 1.49 bits per heavy atom. The Balaban J connectivity index is -0.000000671. The van der Waals surface area contributed by atoms with Crippen molar-refractivity contribution in [2.45, 2.75) is 105 Å². The number of amides is 2. The highest BCUT2D eigenvalue weighted by molar-refractivity contribution is 5.91. The molecule has 0 fully saturated rings. The number of carboxylic acid groups (broad SMARTS) is 3. The number of carbonyl (C=O) groups is 5. The lowest BCUT2D eigenvalue weighted by atomic mass is 10.1. The lowest BCUT2D eigenvalue weighted by molar-refractivity contribution is -0.144. The Morgan fingerprint density at radius 2 is 1.24 bits per heavy atom. The summed E-state index contributed by atoms with van der Waals surface area (Å²) in [5.74, 6) is -3.85. The maximum atomic E-state index is 12.1. The van der Waals surface area contributed by atoms with Crippen LogP contribution in [0.25, 0.3) is 0 Å². The number of nitrogens with zero attached hydrogens (tertiary/aromatic N) is 4. The fraction of sp³-hybridized carbons (Fsp3) is 0.692. The van der Waals surface area contributed by atoms with Gasteiger partial charge in [0.1, 0.15) is 12.1 Å². The van der Waals surface area contributed by atoms with Gasteiger partial charge >= 0.3 is 17.9 Å². The van der Waals surface area contributed by atoms with Gasteiger partial charge in [0.05, 0.1) is 5.84 Å². The monoisotopic (exact) mass is 645 g/mol. The molecule has 1 aromatic rings. The highest BCUT2D eigenvalue weighted by atomic mass is 16.4. The van der Waals surface area contributed by atoms with Crippen molar-refractivity contribution in [1.29, 1.82) is 5.41 Å². The van der Waals surface area contributed by atoms with Crippen molar-refractivity contribution < 1.29 is 39.3 Å². The Bertz CT molecular complexity index is 1070. The molecule has 0 radical (unpaired) electrons. The number of aliphatic carboxylic acids is 3. The van der Waals surface area contributed by atoms with Crippen LogP contribution < -0.4 is 27.8 Å². The molecule has 1 aromatic heterocycles. The summed E-state index contributed by atoms with van der Waals surface area (Å²) in [6.07, 6.45) is -1.41. The van der Waals surface area contributed by atoms with E-state index in [2.05, 4.69) is 36.3 Å². The molecule has 0 saturated heterocycles. The lowest BCUT2D eigenvalue weighted by Gasteiger charge is -2.21. The number of aliphatic imine (C=N–C) groups is 1. The number of nitrogens with two attached hydrogens (primary N) is 3. The average molecular weight is 646 g/mol. The van der Waals surface area contributed by atoms with Crippen molar-refractivity contribution in [3.8, 4) is 0 Å². The van der Waals surface area contributed by atoms with Crippen LogP contribution in [0.1, 0.15) is 92.8 Å². The van der Waals surface area contributed by atoms with E-state index in [-0.39, 0.29) is 36.6 Å². The zero-order chi connectivity index (χ0) is 35.9. The maximum Gasteiger partial charge on any atom is 0.326 e. The second-order valence-corrected chi connectivity index (χ2v) is 10.7. The molecule has 2 atom stereocenters. The summed E-state index contributed by atoms with van der Waals surface area (Å²) in [5, 5.41) is 50.8. The Morgan fingerprint density at radius 1 is 0.800 bits per heavy atom. The third-order valence-corrected chi connectivity index (χ3v) is 4.97. The van der Waals surface area contributed by atoms with Crippen molar-refractivity contribution in [1.82, 2.24) is 31.3 Å². The maximum absolute atomic E-state index is 12.1. The van der Waals surface area contributed by atoms with Gasteiger partial charge in [0, 0.05) is 36.6 Å². The topological polar surface area (TPSA) is 339 Å². The second kappa shape index (κ2) is 24.6. The van der Waals surface area contributed by atoms with E-state index in [1.54, 1.807) is 13.8 Å². The molecule has 0 saturated carbocycles. The van der Waals surface area contributed by atoms with E-state index < -0.39 is 60.6 Å². The van der Waals surface area contributed by atoms with Crippen LogP contribution >= 0.6 is 0 Å². The van der Waals surface area contributed by atoms with Gasteiger partial charge in [-0.1, -0.05) is 46.8 Å². The van der Waals surface area contributed by atoms with Crippen molar-refractivity contribution >= 4 is 41.5 Å². The summed E-state index contributed by atoms with van der Waals surface area (Å²) in [6, 6.07) is -2.45. The molecular formula is C26H51N11O8. The van der Waals surface area contributed by atoms with E-state index >= 15 is 0 Å². The zero-order valence-corrected chi connectivity index (χ0v) is 27.2. The van der Waals surface area contributed by atoms with E-state index in [9.17, 15) is 24.0 Å². The molecule has 19 nitrogen and oxygen atoms in total. The number of guanidine groups is 1. The van der Waals surface area contributed by atoms with E-state index in [1.807, 2.05) is 41.5 Å². The van der Waals surface area contributed by atoms with Gasteiger partial charge in [0.2, 0.25) is 11.8 Å². The van der Waals surface area contributed by atoms with Crippen molar-refractivity contribution in [3.63, 3.8) is 0 Å². The molecule has 45 heavy (non-hydrogen) atoms. The molecule has 2 unspecified atom stereocenters. The molecule has 2 amide bonds. The third kappa shape index (κ3) is 27.7. The van der Waals surface area contributed by atoms with Gasteiger partial charge < -0.3 is 43.2 Å². The first-order valence-electron chi connectivity index (χ1n) is 14.0. The molecule has 0 spiro atoms. The van der Waals surface area contributed by atoms with Crippen LogP contribution in [0.4, 0.5) is 0 Å². The Kier molecular flexibility index (Phi) is 24.4. The Hall–Kier alpha value is -4.84. The largest absolute Gasteiger partial charge is 0.481 e. The van der Waals surface area contributed by atoms with Gasteiger partial charge in [-0.2, -0.15) is 5.21 Å². The molecule has 13 N–H and O–H groups in total. The number of rotatable bonds is 14. The van der Waals surface area contributed by atoms with Gasteiger partial charge in [-0.05, 0) is 26.7 Å². The number of tetrazole rings is 1. The van der Waals surface area contributed by atoms with Crippen LogP contribution in [0, 0.1) is 17.2 Å². The Labute approximate surface area is 262 Å². The molecule has 0 aromatic carbocycles. The predicted octanol–water partition coefficient (Wildman–Crippen LogP) is -0.00413. The summed E-state index contributed by atoms with van der Waals surface area (Å²) in [4.78, 5) is 59.8. The molecule has 258 valence electrons. The quantitative estimate of drug-likeness (QED) is 0.0940. The number of hydrogen-bond acceptors (Lipinski definition) is 10. The number of carboxylic acids is 3. The van der Waals surface area contributed by atoms with Gasteiger partial charge in [0.15, 0.2) is 11.8 Å². The summed E-state index contributed by atoms with van der Waals surface area (Å²) in [7, 11) is 0. The minimum atomic E-state index is -1.45. The van der Waals surface area contributed by atoms with Crippen LogP contribution in [-0.2, 0) is 24.0 Å². The van der Waals surface area contributed by atoms with E-state index in [0.717, 1.165) is 5.82 Å². The van der Waals surface area contributed by atoms with E-state index in [4.69, 9.17) is 37.9 Å². The SMILES string of the molecule is CC(C)C(=N)N.CC(C)C(=O)NC(CCC(=O)O)C(=O)NC(CCC(=O)O)C(=O)O.CC(C)N=C(N)N.CC(C)c1nn[nH]n1. The van der Waals surface area contributed by atoms with Crippen molar-refractivity contribution in [2.24, 2.45) is 34.0 Å². The van der Waals surface area contributed by atoms with E-state index in [0.29, 0.717) is 5.92 Å². The summed E-state index contributed by atoms with van der Waals surface area (Å²) >= 11 is 0. The van der Waals surface area contributed by atoms with Crippen LogP contribution in [-0.4, -0.2) is 95.6 Å². The lowest BCUT2D eigenvalue weighted by Crippen LogP contribution is -2.52. The van der Waals surface area contributed by atoms with Crippen molar-refractivity contribution in [3.05, 3.63) is 5.82 Å². The summed E-state index contributed by atoms with van der Waals surface area (Å²) < 4.78 is 0. The normalized spacial score (nSPS) is 11.4. The number of H-pyrrole nitrogens is 1. The van der Waals surface area contributed by atoms with Gasteiger partial charge in [-0.25, -0.2) is 4.79 Å². The molecule has 19 heteroatoms. The molecular weight excluding hydrogens is 594 g/mol. The third-order valence-electron chi connectivity index (χ3n) is 4.97. The number of carbonyl (C=O) groups excluding carboxylic acids is 2. The fourth-order valence-corrected chi connectivity index (χ4v) is 2.38. The second-order valence-electron chi connectivity index (χ2n) is 10.7. The van der Waals surface area contributed by atoms with Crippen LogP contribution in [0.15, 0.2) is 4.99 Å². The number of nitrogens with one attached hydrogen (secondary N) is 4. The first-order chi connectivity index (χ1) is 20.6. The fourth-order valence-electron chi connectivity index (χ4n) is 2.38. The number of aromatic amines is 1. The van der Waals surface area contributed by atoms with E-state index in [1.165, 1.54) is 0 Å². The first-order valence-corrected chi connectivity index (χ1v) is 14.0. The molecule has 0 bridgehead atoms. The highest BCUT2D eigenvalue weighted by Crippen LogP contribution is 2.05. The van der Waals surface area contributed by atoms with Crippen LogP contribution in [0.2, 0.25) is 0 Å². The van der Waals surface area contributed by atoms with Crippen LogP contribution in [0.5, 0.6) is 0 Å². The minimum Gasteiger partial charge on any atom is -0.481 e. The van der Waals surface area contributed by atoms with Gasteiger partial charge in [-0.15, -0.1) is 10.2 Å². The number of hydrogen-bond donors (Lipinski definition) is 10. The molecule has 0 aliphatic rings. The summed E-state index contributed by atoms with van der Waals surface area (Å²) in [6.45, 7) is 14.8. The van der Waals surface area contributed by atoms with Crippen molar-refractivity contribution in [2.75, 3.05) is 0 Å². The summed E-state index contributed by atoms with van der Waals surface area (Å²) in [5.41, 5.74) is 15.1. The van der Waals surface area contributed by atoms with Crippen LogP contribution in [0.3, 0.4) is 0 Å². The smallest absolute Gasteiger partial charge is 0.326 e. The first kappa shape index (κ1) is 44.6. The molecule has 0 aliphatic carbocycles. The predicted molar refractivity (Wildman–Crippen MR) is 166 cm³/mol. The highest BCUT2D eigenvalue weighted by Gasteiger charge is 2.27.